The lowest BCUT2D eigenvalue weighted by atomic mass is 10.2. The molecule has 1 aromatic heterocycles. The fourth-order valence-corrected chi connectivity index (χ4v) is 1.62. The molecule has 1 aromatic rings. The molecule has 7 heteroatoms. The molecule has 2 N–H and O–H groups in total. The number of methoxy groups -OCH3 is 1. The second-order valence-electron chi connectivity index (χ2n) is 4.04. The molecule has 0 aromatic carbocycles. The van der Waals surface area contributed by atoms with Crippen LogP contribution in [0.3, 0.4) is 0 Å². The summed E-state index contributed by atoms with van der Waals surface area (Å²) < 4.78 is 4.95. The van der Waals surface area contributed by atoms with Crippen molar-refractivity contribution in [2.24, 2.45) is 0 Å². The summed E-state index contributed by atoms with van der Waals surface area (Å²) in [5.41, 5.74) is -0.0591. The molecule has 1 heterocycles. The van der Waals surface area contributed by atoms with Crippen LogP contribution in [-0.2, 0) is 0 Å². The number of rotatable bonds is 9. The van der Waals surface area contributed by atoms with Crippen molar-refractivity contribution >= 4 is 11.5 Å². The van der Waals surface area contributed by atoms with Crippen molar-refractivity contribution in [1.29, 1.82) is 0 Å². The van der Waals surface area contributed by atoms with Gasteiger partial charge in [0.1, 0.15) is 0 Å². The number of aromatic nitrogens is 1. The maximum absolute atomic E-state index is 10.9. The topological polar surface area (TPSA) is 97.5 Å². The first-order valence-electron chi connectivity index (χ1n) is 6.23. The maximum atomic E-state index is 10.9. The number of nitrogens with one attached hydrogen (secondary N) is 1. The second kappa shape index (κ2) is 8.25. The largest absolute Gasteiger partial charge is 0.481 e. The number of nitro groups is 1. The smallest absolute Gasteiger partial charge is 0.311 e. The normalized spacial score (nSPS) is 10.2. The van der Waals surface area contributed by atoms with Gasteiger partial charge in [0.05, 0.1) is 12.0 Å². The van der Waals surface area contributed by atoms with Crippen molar-refractivity contribution in [1.82, 2.24) is 4.98 Å². The summed E-state index contributed by atoms with van der Waals surface area (Å²) in [6.45, 7) is 0.808. The molecule has 0 fully saturated rings. The van der Waals surface area contributed by atoms with Crippen LogP contribution in [0.15, 0.2) is 12.1 Å². The molecule has 0 aliphatic heterocycles. The molecule has 0 radical (unpaired) electrons. The summed E-state index contributed by atoms with van der Waals surface area (Å²) in [6.07, 6.45) is 3.57. The summed E-state index contributed by atoms with van der Waals surface area (Å²) in [6, 6.07) is 2.84. The monoisotopic (exact) mass is 269 g/mol. The number of nitrogens with zero attached hydrogens (tertiary/aromatic N) is 2. The van der Waals surface area contributed by atoms with E-state index in [4.69, 9.17) is 9.84 Å². The van der Waals surface area contributed by atoms with Gasteiger partial charge in [0, 0.05) is 25.3 Å². The minimum atomic E-state index is -0.472. The fourth-order valence-electron chi connectivity index (χ4n) is 1.62. The Kier molecular flexibility index (Phi) is 6.59. The molecule has 0 unspecified atom stereocenters. The Morgan fingerprint density at radius 3 is 2.74 bits per heavy atom. The van der Waals surface area contributed by atoms with Crippen molar-refractivity contribution in [3.05, 3.63) is 22.2 Å². The number of hydrogen-bond donors (Lipinski definition) is 2. The predicted molar refractivity (Wildman–Crippen MR) is 71.5 cm³/mol. The Labute approximate surface area is 111 Å². The van der Waals surface area contributed by atoms with Crippen molar-refractivity contribution < 1.29 is 14.8 Å². The Morgan fingerprint density at radius 2 is 2.11 bits per heavy atom. The lowest BCUT2D eigenvalue weighted by Gasteiger charge is -2.07. The van der Waals surface area contributed by atoms with Gasteiger partial charge in [-0.15, -0.1) is 0 Å². The van der Waals surface area contributed by atoms with E-state index in [1.807, 2.05) is 0 Å². The van der Waals surface area contributed by atoms with E-state index in [0.717, 1.165) is 25.7 Å². The molecule has 0 aliphatic rings. The summed E-state index contributed by atoms with van der Waals surface area (Å²) in [7, 11) is 1.47. The molecule has 106 valence electrons. The van der Waals surface area contributed by atoms with E-state index in [1.54, 1.807) is 0 Å². The second-order valence-corrected chi connectivity index (χ2v) is 4.04. The molecular weight excluding hydrogens is 250 g/mol. The van der Waals surface area contributed by atoms with Crippen LogP contribution in [0.2, 0.25) is 0 Å². The lowest BCUT2D eigenvalue weighted by Crippen LogP contribution is -2.07. The number of unbranched alkanes of at least 4 members (excludes halogenated alkanes) is 3. The summed E-state index contributed by atoms with van der Waals surface area (Å²) in [5.74, 6) is 0.569. The summed E-state index contributed by atoms with van der Waals surface area (Å²) in [4.78, 5) is 14.4. The highest BCUT2D eigenvalue weighted by molar-refractivity contribution is 5.56. The van der Waals surface area contributed by atoms with Crippen LogP contribution in [0.1, 0.15) is 25.7 Å². The third-order valence-electron chi connectivity index (χ3n) is 2.63. The minimum absolute atomic E-state index is 0.0591. The first kappa shape index (κ1) is 15.2. The molecule has 0 bridgehead atoms. The van der Waals surface area contributed by atoms with Crippen LogP contribution in [0.5, 0.6) is 5.88 Å². The van der Waals surface area contributed by atoms with Gasteiger partial charge in [-0.25, -0.2) is 0 Å². The molecule has 1 rings (SSSR count). The number of aliphatic hydroxyl groups is 1. The number of ether oxygens (including phenoxy) is 1. The molecule has 0 aliphatic carbocycles. The van der Waals surface area contributed by atoms with Gasteiger partial charge >= 0.3 is 5.69 Å². The molecule has 0 spiro atoms. The van der Waals surface area contributed by atoms with Crippen molar-refractivity contribution in [2.75, 3.05) is 25.6 Å². The number of pyridine rings is 1. The number of anilines is 1. The van der Waals surface area contributed by atoms with Crippen LogP contribution in [0.25, 0.3) is 0 Å². The molecule has 0 saturated heterocycles. The first-order valence-corrected chi connectivity index (χ1v) is 6.23. The highest BCUT2D eigenvalue weighted by Crippen LogP contribution is 2.24. The molecular formula is C12H19N3O4. The predicted octanol–water partition coefficient (Wildman–Crippen LogP) is 1.96. The Hall–Kier alpha value is -1.89. The van der Waals surface area contributed by atoms with Gasteiger partial charge in [-0.2, -0.15) is 4.98 Å². The lowest BCUT2D eigenvalue weighted by molar-refractivity contribution is -0.384. The summed E-state index contributed by atoms with van der Waals surface area (Å²) >= 11 is 0. The van der Waals surface area contributed by atoms with E-state index in [2.05, 4.69) is 10.3 Å². The molecule has 19 heavy (non-hydrogen) atoms. The van der Waals surface area contributed by atoms with Crippen molar-refractivity contribution in [2.45, 2.75) is 25.7 Å². The average molecular weight is 269 g/mol. The minimum Gasteiger partial charge on any atom is -0.481 e. The highest BCUT2D eigenvalue weighted by atomic mass is 16.6. The Balaban J connectivity index is 2.52. The number of hydrogen-bond acceptors (Lipinski definition) is 6. The standard InChI is InChI=1S/C12H19N3O4/c1-19-11-7-6-10(15(17)18)12(14-11)13-8-4-2-3-5-9-16/h6-7,16H,2-5,8-9H2,1H3,(H,13,14). The summed E-state index contributed by atoms with van der Waals surface area (Å²) in [5, 5.41) is 22.4. The average Bonchev–Trinajstić information content (AvgIpc) is 2.42. The van der Waals surface area contributed by atoms with Crippen LogP contribution in [0.4, 0.5) is 11.5 Å². The Morgan fingerprint density at radius 1 is 1.37 bits per heavy atom. The van der Waals surface area contributed by atoms with Gasteiger partial charge in [0.25, 0.3) is 0 Å². The van der Waals surface area contributed by atoms with Gasteiger partial charge in [-0.1, -0.05) is 12.8 Å². The van der Waals surface area contributed by atoms with E-state index in [1.165, 1.54) is 19.2 Å². The third kappa shape index (κ3) is 5.09. The van der Waals surface area contributed by atoms with E-state index in [-0.39, 0.29) is 18.1 Å². The van der Waals surface area contributed by atoms with Crippen molar-refractivity contribution in [3.8, 4) is 5.88 Å². The zero-order valence-electron chi connectivity index (χ0n) is 11.0. The van der Waals surface area contributed by atoms with Gasteiger partial charge in [0.2, 0.25) is 11.7 Å². The maximum Gasteiger partial charge on any atom is 0.311 e. The van der Waals surface area contributed by atoms with Gasteiger partial charge in [-0.3, -0.25) is 10.1 Å². The van der Waals surface area contributed by atoms with E-state index in [9.17, 15) is 10.1 Å². The van der Waals surface area contributed by atoms with Crippen molar-refractivity contribution in [3.63, 3.8) is 0 Å². The Bertz CT molecular complexity index is 412. The third-order valence-corrected chi connectivity index (χ3v) is 2.63. The fraction of sp³-hybridized carbons (Fsp3) is 0.583. The van der Waals surface area contributed by atoms with E-state index in [0.29, 0.717) is 12.4 Å². The zero-order chi connectivity index (χ0) is 14.1. The molecule has 0 amide bonds. The van der Waals surface area contributed by atoms with Gasteiger partial charge < -0.3 is 15.2 Å². The highest BCUT2D eigenvalue weighted by Gasteiger charge is 2.15. The van der Waals surface area contributed by atoms with Gasteiger partial charge in [0.15, 0.2) is 0 Å². The molecule has 7 nitrogen and oxygen atoms in total. The van der Waals surface area contributed by atoms with E-state index < -0.39 is 4.92 Å². The SMILES string of the molecule is COc1ccc([N+](=O)[O-])c(NCCCCCCO)n1. The zero-order valence-corrected chi connectivity index (χ0v) is 11.0. The van der Waals surface area contributed by atoms with Crippen LogP contribution in [0, 0.1) is 10.1 Å². The van der Waals surface area contributed by atoms with Crippen LogP contribution < -0.4 is 10.1 Å². The van der Waals surface area contributed by atoms with Crippen LogP contribution >= 0.6 is 0 Å². The van der Waals surface area contributed by atoms with Gasteiger partial charge in [-0.05, 0) is 12.8 Å². The first-order chi connectivity index (χ1) is 9.19. The molecule has 0 atom stereocenters. The quantitative estimate of drug-likeness (QED) is 0.404. The number of aliphatic hydroxyl groups excluding tert-OH is 1. The molecule has 0 saturated carbocycles. The van der Waals surface area contributed by atoms with Crippen LogP contribution in [-0.4, -0.2) is 35.3 Å². The van der Waals surface area contributed by atoms with E-state index >= 15 is 0 Å².